The van der Waals surface area contributed by atoms with E-state index < -0.39 is 29.1 Å². The van der Waals surface area contributed by atoms with Crippen LogP contribution >= 0.6 is 0 Å². The number of nitriles is 1. The second-order valence-electron chi connectivity index (χ2n) is 8.70. The van der Waals surface area contributed by atoms with Gasteiger partial charge in [-0.15, -0.1) is 0 Å². The summed E-state index contributed by atoms with van der Waals surface area (Å²) >= 11 is 0. The highest BCUT2D eigenvalue weighted by Gasteiger charge is 2.38. The topological polar surface area (TPSA) is 163 Å². The molecular formula is C23H27F3N8O3. The van der Waals surface area contributed by atoms with Crippen LogP contribution in [0.15, 0.2) is 18.2 Å². The first-order valence-electron chi connectivity index (χ1n) is 11.3. The number of amides is 2. The highest BCUT2D eigenvalue weighted by atomic mass is 19.4. The third kappa shape index (κ3) is 6.07. The normalized spacial score (nSPS) is 16.0. The van der Waals surface area contributed by atoms with Gasteiger partial charge in [0.1, 0.15) is 17.2 Å². The Morgan fingerprint density at radius 1 is 1.19 bits per heavy atom. The number of carbonyl (C=O) groups excluding carboxylic acids is 2. The van der Waals surface area contributed by atoms with Crippen LogP contribution in [0, 0.1) is 11.3 Å². The van der Waals surface area contributed by atoms with Crippen LogP contribution in [0.2, 0.25) is 0 Å². The number of anilines is 2. The maximum atomic E-state index is 13.7. The summed E-state index contributed by atoms with van der Waals surface area (Å²) in [5, 5.41) is 11.9. The molecule has 0 unspecified atom stereocenters. The van der Waals surface area contributed by atoms with Crippen LogP contribution in [0.1, 0.15) is 41.0 Å². The summed E-state index contributed by atoms with van der Waals surface area (Å²) in [6.45, 7) is 4.84. The van der Waals surface area contributed by atoms with E-state index in [1.807, 2.05) is 18.0 Å². The lowest BCUT2D eigenvalue weighted by atomic mass is 9.93. The number of piperazine rings is 1. The predicted octanol–water partition coefficient (Wildman–Crippen LogP) is 1.55. The number of nitrogens with zero attached hydrogens (tertiary/aromatic N) is 5. The molecule has 1 aromatic carbocycles. The third-order valence-electron chi connectivity index (χ3n) is 5.81. The average molecular weight is 521 g/mol. The number of hydrogen-bond donors (Lipinski definition) is 3. The van der Waals surface area contributed by atoms with Gasteiger partial charge in [0.2, 0.25) is 17.7 Å². The Morgan fingerprint density at radius 2 is 1.84 bits per heavy atom. The van der Waals surface area contributed by atoms with Gasteiger partial charge in [-0.05, 0) is 39.1 Å². The van der Waals surface area contributed by atoms with E-state index in [9.17, 15) is 28.0 Å². The number of nitrogens with one attached hydrogen (secondary N) is 1. The number of aromatic nitrogens is 2. The van der Waals surface area contributed by atoms with Gasteiger partial charge in [-0.2, -0.15) is 23.4 Å². The van der Waals surface area contributed by atoms with E-state index in [-0.39, 0.29) is 40.9 Å². The van der Waals surface area contributed by atoms with Gasteiger partial charge < -0.3 is 31.3 Å². The van der Waals surface area contributed by atoms with Crippen LogP contribution in [-0.2, 0) is 16.5 Å². The quantitative estimate of drug-likeness (QED) is 0.513. The largest absolute Gasteiger partial charge is 0.477 e. The fourth-order valence-corrected chi connectivity index (χ4v) is 3.72. The smallest absolute Gasteiger partial charge is 0.416 e. The molecule has 0 saturated carbocycles. The van der Waals surface area contributed by atoms with Crippen LogP contribution in [0.25, 0.3) is 0 Å². The lowest BCUT2D eigenvalue weighted by molar-refractivity contribution is -0.137. The predicted molar refractivity (Wildman–Crippen MR) is 127 cm³/mol. The molecule has 1 aromatic heterocycles. The van der Waals surface area contributed by atoms with Crippen LogP contribution in [0.4, 0.5) is 24.8 Å². The molecular weight excluding hydrogens is 493 g/mol. The van der Waals surface area contributed by atoms with Crippen molar-refractivity contribution in [1.82, 2.24) is 19.8 Å². The first kappa shape index (κ1) is 27.6. The van der Waals surface area contributed by atoms with Crippen molar-refractivity contribution >= 4 is 23.5 Å². The SMILES string of the molecule is CCOc1nc(N)nc([C@@](C)(N)C(=O)Nc2cc(C(=O)N3CCN(C)CC3)cc(C(F)(F)F)c2)c1C#N. The summed E-state index contributed by atoms with van der Waals surface area (Å²) in [5.74, 6) is -2.10. The van der Waals surface area contributed by atoms with E-state index in [0.717, 1.165) is 12.1 Å². The first-order chi connectivity index (χ1) is 17.3. The van der Waals surface area contributed by atoms with Crippen molar-refractivity contribution in [3.63, 3.8) is 0 Å². The first-order valence-corrected chi connectivity index (χ1v) is 11.3. The molecule has 198 valence electrons. The molecule has 3 rings (SSSR count). The molecule has 1 saturated heterocycles. The van der Waals surface area contributed by atoms with Crippen molar-refractivity contribution < 1.29 is 27.5 Å². The maximum Gasteiger partial charge on any atom is 0.416 e. The Bertz CT molecular complexity index is 1230. The summed E-state index contributed by atoms with van der Waals surface area (Å²) in [6.07, 6.45) is -4.79. The summed E-state index contributed by atoms with van der Waals surface area (Å²) in [5.41, 5.74) is 7.70. The summed E-state index contributed by atoms with van der Waals surface area (Å²) in [6, 6.07) is 4.41. The number of likely N-dealkylation sites (N-methyl/N-ethyl adjacent to an activating group) is 1. The molecule has 0 radical (unpaired) electrons. The number of nitrogens with two attached hydrogens (primary N) is 2. The second-order valence-corrected chi connectivity index (χ2v) is 8.70. The van der Waals surface area contributed by atoms with Gasteiger partial charge in [0.05, 0.1) is 17.9 Å². The van der Waals surface area contributed by atoms with E-state index in [1.165, 1.54) is 11.8 Å². The molecule has 1 atom stereocenters. The second kappa shape index (κ2) is 10.6. The number of ether oxygens (including phenoxy) is 1. The number of alkyl halides is 3. The minimum absolute atomic E-state index is 0.131. The summed E-state index contributed by atoms with van der Waals surface area (Å²) < 4.78 is 46.2. The molecule has 0 spiro atoms. The fraction of sp³-hybridized carbons (Fsp3) is 0.435. The van der Waals surface area contributed by atoms with E-state index >= 15 is 0 Å². The Balaban J connectivity index is 1.98. The van der Waals surface area contributed by atoms with Crippen LogP contribution in [-0.4, -0.2) is 71.4 Å². The minimum Gasteiger partial charge on any atom is -0.477 e. The zero-order chi connectivity index (χ0) is 27.5. The van der Waals surface area contributed by atoms with Crippen LogP contribution in [0.3, 0.4) is 0 Å². The highest BCUT2D eigenvalue weighted by molar-refractivity contribution is 6.01. The number of nitrogen functional groups attached to an aromatic ring is 1. The lowest BCUT2D eigenvalue weighted by Crippen LogP contribution is -2.47. The lowest BCUT2D eigenvalue weighted by Gasteiger charge is -2.32. The molecule has 0 aliphatic carbocycles. The van der Waals surface area contributed by atoms with Gasteiger partial charge in [-0.25, -0.2) is 4.98 Å². The fourth-order valence-electron chi connectivity index (χ4n) is 3.72. The molecule has 1 aliphatic rings. The molecule has 2 amide bonds. The van der Waals surface area contributed by atoms with Crippen molar-refractivity contribution in [1.29, 1.82) is 5.26 Å². The molecule has 2 heterocycles. The molecule has 14 heteroatoms. The molecule has 0 bridgehead atoms. The van der Waals surface area contributed by atoms with Gasteiger partial charge in [-0.1, -0.05) is 0 Å². The zero-order valence-corrected chi connectivity index (χ0v) is 20.5. The number of hydrogen-bond acceptors (Lipinski definition) is 9. The molecule has 37 heavy (non-hydrogen) atoms. The van der Waals surface area contributed by atoms with Gasteiger partial charge in [0, 0.05) is 37.4 Å². The monoisotopic (exact) mass is 520 g/mol. The van der Waals surface area contributed by atoms with Gasteiger partial charge >= 0.3 is 6.18 Å². The van der Waals surface area contributed by atoms with Crippen LogP contribution < -0.4 is 21.5 Å². The minimum atomic E-state index is -4.79. The van der Waals surface area contributed by atoms with Crippen LogP contribution in [0.5, 0.6) is 5.88 Å². The molecule has 2 aromatic rings. The highest BCUT2D eigenvalue weighted by Crippen LogP contribution is 2.33. The van der Waals surface area contributed by atoms with Crippen molar-refractivity contribution in [2.75, 3.05) is 50.9 Å². The Kier molecular flexibility index (Phi) is 7.89. The number of rotatable bonds is 6. The van der Waals surface area contributed by atoms with Gasteiger partial charge in [0.15, 0.2) is 0 Å². The molecule has 11 nitrogen and oxygen atoms in total. The summed E-state index contributed by atoms with van der Waals surface area (Å²) in [7, 11) is 1.88. The Morgan fingerprint density at radius 3 is 2.41 bits per heavy atom. The van der Waals surface area contributed by atoms with Crippen molar-refractivity contribution in [3.05, 3.63) is 40.6 Å². The standard InChI is InChI=1S/C23H27F3N8O3/c1-4-37-18-16(12-27)17(31-21(28)32-18)22(2,29)20(36)30-15-10-13(9-14(11-15)23(24,25)26)19(35)34-7-5-33(3)6-8-34/h9-11H,4-8,29H2,1-3H3,(H,30,36)(H2,28,31,32)/t22-/m1/s1. The molecule has 1 fully saturated rings. The Labute approximate surface area is 211 Å². The van der Waals surface area contributed by atoms with Crippen molar-refractivity contribution in [2.24, 2.45) is 5.73 Å². The number of benzene rings is 1. The number of carbonyl (C=O) groups is 2. The summed E-state index contributed by atoms with van der Waals surface area (Å²) in [4.78, 5) is 37.4. The van der Waals surface area contributed by atoms with Crippen molar-refractivity contribution in [3.8, 4) is 11.9 Å². The van der Waals surface area contributed by atoms with E-state index in [4.69, 9.17) is 16.2 Å². The van der Waals surface area contributed by atoms with E-state index in [0.29, 0.717) is 32.2 Å². The van der Waals surface area contributed by atoms with E-state index in [2.05, 4.69) is 15.3 Å². The van der Waals surface area contributed by atoms with Crippen molar-refractivity contribution in [2.45, 2.75) is 25.6 Å². The zero-order valence-electron chi connectivity index (χ0n) is 20.5. The van der Waals surface area contributed by atoms with E-state index in [1.54, 1.807) is 6.92 Å². The Hall–Kier alpha value is -3.96. The number of halogens is 3. The van der Waals surface area contributed by atoms with Gasteiger partial charge in [-0.3, -0.25) is 9.59 Å². The average Bonchev–Trinajstić information content (AvgIpc) is 2.83. The maximum absolute atomic E-state index is 13.7. The third-order valence-corrected chi connectivity index (χ3v) is 5.81. The molecule has 1 aliphatic heterocycles. The van der Waals surface area contributed by atoms with Gasteiger partial charge in [0.25, 0.3) is 5.91 Å². The molecule has 5 N–H and O–H groups in total.